The first-order valence-corrected chi connectivity index (χ1v) is 7.08. The number of rotatable bonds is 4. The van der Waals surface area contributed by atoms with E-state index in [-0.39, 0.29) is 0 Å². The molecule has 0 saturated heterocycles. The number of halogens is 1. The zero-order valence-electron chi connectivity index (χ0n) is 11.4. The first-order valence-electron chi connectivity index (χ1n) is 5.88. The third kappa shape index (κ3) is 2.78. The van der Waals surface area contributed by atoms with E-state index in [1.165, 1.54) is 0 Å². The Balaban J connectivity index is 2.40. The van der Waals surface area contributed by atoms with Crippen LogP contribution in [0.5, 0.6) is 5.75 Å². The summed E-state index contributed by atoms with van der Waals surface area (Å²) >= 11 is 8.54. The number of hydrogen-bond acceptors (Lipinski definition) is 4. The van der Waals surface area contributed by atoms with Gasteiger partial charge in [-0.25, -0.2) is 0 Å². The van der Waals surface area contributed by atoms with Crippen molar-refractivity contribution in [3.8, 4) is 5.75 Å². The van der Waals surface area contributed by atoms with Crippen molar-refractivity contribution in [2.75, 3.05) is 12.4 Å². The first-order chi connectivity index (χ1) is 9.43. The maximum absolute atomic E-state index is 5.77. The lowest BCUT2D eigenvalue weighted by Gasteiger charge is -2.11. The zero-order chi connectivity index (χ0) is 14.9. The van der Waals surface area contributed by atoms with Gasteiger partial charge in [0.05, 0.1) is 22.8 Å². The topological polar surface area (TPSA) is 65.1 Å². The second-order valence-electron chi connectivity index (χ2n) is 4.27. The monoisotopic (exact) mass is 354 g/mol. The van der Waals surface area contributed by atoms with Gasteiger partial charge in [0.2, 0.25) is 0 Å². The van der Waals surface area contributed by atoms with Crippen molar-refractivity contribution in [1.29, 1.82) is 0 Å². The number of nitrogens with two attached hydrogens (primary N) is 1. The molecule has 1 aromatic heterocycles. The quantitative estimate of drug-likeness (QED) is 0.826. The summed E-state index contributed by atoms with van der Waals surface area (Å²) in [5.41, 5.74) is 8.21. The van der Waals surface area contributed by atoms with Crippen LogP contribution in [0.25, 0.3) is 0 Å². The van der Waals surface area contributed by atoms with Crippen LogP contribution >= 0.6 is 28.1 Å². The number of nitrogens with one attached hydrogen (secondary N) is 1. The lowest BCUT2D eigenvalue weighted by Crippen LogP contribution is -2.13. The van der Waals surface area contributed by atoms with E-state index in [1.54, 1.807) is 11.8 Å². The first kappa shape index (κ1) is 14.8. The van der Waals surface area contributed by atoms with Crippen LogP contribution in [-0.4, -0.2) is 21.9 Å². The summed E-state index contributed by atoms with van der Waals surface area (Å²) in [4.78, 5) is 0.325. The highest BCUT2D eigenvalue weighted by atomic mass is 79.9. The number of anilines is 2. The molecule has 0 aliphatic carbocycles. The summed E-state index contributed by atoms with van der Waals surface area (Å²) in [6, 6.07) is 5.70. The molecule has 0 spiro atoms. The molecule has 1 aromatic carbocycles. The van der Waals surface area contributed by atoms with Crippen molar-refractivity contribution in [2.24, 2.45) is 12.8 Å². The van der Waals surface area contributed by atoms with Gasteiger partial charge >= 0.3 is 0 Å². The molecule has 0 saturated carbocycles. The van der Waals surface area contributed by atoms with Crippen LogP contribution in [0.1, 0.15) is 11.3 Å². The Labute approximate surface area is 131 Å². The molecule has 0 aliphatic heterocycles. The van der Waals surface area contributed by atoms with Crippen LogP contribution in [0, 0.1) is 6.92 Å². The third-order valence-electron chi connectivity index (χ3n) is 2.88. The zero-order valence-corrected chi connectivity index (χ0v) is 13.8. The standard InChI is InChI=1S/C13H15BrN4OS/c1-7-11(12(15)20)13(18(2)17-7)16-8-4-5-10(19-3)9(14)6-8/h4-6,16H,1-3H3,(H2,15,20). The minimum Gasteiger partial charge on any atom is -0.496 e. The largest absolute Gasteiger partial charge is 0.496 e. The van der Waals surface area contributed by atoms with Gasteiger partial charge in [-0.3, -0.25) is 4.68 Å². The Bertz CT molecular complexity index is 669. The molecule has 1 heterocycles. The predicted molar refractivity (Wildman–Crippen MR) is 87.8 cm³/mol. The molecule has 0 unspecified atom stereocenters. The van der Waals surface area contributed by atoms with Crippen molar-refractivity contribution in [3.05, 3.63) is 33.9 Å². The van der Waals surface area contributed by atoms with E-state index in [0.29, 0.717) is 4.99 Å². The second-order valence-corrected chi connectivity index (χ2v) is 5.57. The summed E-state index contributed by atoms with van der Waals surface area (Å²) < 4.78 is 7.79. The van der Waals surface area contributed by atoms with Gasteiger partial charge in [0.1, 0.15) is 16.6 Å². The number of thiocarbonyl (C=S) groups is 1. The van der Waals surface area contributed by atoms with Gasteiger partial charge in [-0.05, 0) is 41.1 Å². The summed E-state index contributed by atoms with van der Waals surface area (Å²) in [7, 11) is 3.47. The Morgan fingerprint density at radius 1 is 1.50 bits per heavy atom. The van der Waals surface area contributed by atoms with Crippen LogP contribution in [0.3, 0.4) is 0 Å². The molecule has 0 amide bonds. The van der Waals surface area contributed by atoms with Crippen LogP contribution in [-0.2, 0) is 7.05 Å². The van der Waals surface area contributed by atoms with Gasteiger partial charge in [-0.2, -0.15) is 5.10 Å². The van der Waals surface area contributed by atoms with E-state index >= 15 is 0 Å². The molecule has 20 heavy (non-hydrogen) atoms. The Morgan fingerprint density at radius 2 is 2.20 bits per heavy atom. The van der Waals surface area contributed by atoms with Gasteiger partial charge < -0.3 is 15.8 Å². The number of methoxy groups -OCH3 is 1. The van der Waals surface area contributed by atoms with Gasteiger partial charge in [0.25, 0.3) is 0 Å². The Hall–Kier alpha value is -1.60. The highest BCUT2D eigenvalue weighted by Gasteiger charge is 2.16. The molecule has 106 valence electrons. The average Bonchev–Trinajstić information content (AvgIpc) is 2.64. The van der Waals surface area contributed by atoms with Crippen LogP contribution in [0.2, 0.25) is 0 Å². The van der Waals surface area contributed by atoms with Gasteiger partial charge in [0.15, 0.2) is 0 Å². The van der Waals surface area contributed by atoms with E-state index in [0.717, 1.165) is 33.0 Å². The van der Waals surface area contributed by atoms with Crippen molar-refractivity contribution in [1.82, 2.24) is 9.78 Å². The maximum atomic E-state index is 5.77. The molecule has 3 N–H and O–H groups in total. The summed E-state index contributed by atoms with van der Waals surface area (Å²) in [6.45, 7) is 1.88. The molecule has 2 aromatic rings. The van der Waals surface area contributed by atoms with Crippen LogP contribution < -0.4 is 15.8 Å². The summed E-state index contributed by atoms with van der Waals surface area (Å²) in [5.74, 6) is 1.54. The molecule has 2 rings (SSSR count). The normalized spacial score (nSPS) is 10.4. The predicted octanol–water partition coefficient (Wildman–Crippen LogP) is 2.88. The molecule has 5 nitrogen and oxygen atoms in total. The lowest BCUT2D eigenvalue weighted by atomic mass is 10.2. The second kappa shape index (κ2) is 5.80. The average molecular weight is 355 g/mol. The molecule has 0 atom stereocenters. The van der Waals surface area contributed by atoms with Gasteiger partial charge in [-0.1, -0.05) is 12.2 Å². The smallest absolute Gasteiger partial charge is 0.138 e. The fraction of sp³-hybridized carbons (Fsp3) is 0.231. The van der Waals surface area contributed by atoms with E-state index in [2.05, 4.69) is 26.3 Å². The fourth-order valence-electron chi connectivity index (χ4n) is 1.98. The number of aromatic nitrogens is 2. The molecule has 0 fully saturated rings. The van der Waals surface area contributed by atoms with Gasteiger partial charge in [0, 0.05) is 12.7 Å². The molecule has 0 radical (unpaired) electrons. The summed E-state index contributed by atoms with van der Waals surface area (Å²) in [5, 5.41) is 7.62. The number of aryl methyl sites for hydroxylation is 2. The van der Waals surface area contributed by atoms with Crippen molar-refractivity contribution in [2.45, 2.75) is 6.92 Å². The number of hydrogen-bond donors (Lipinski definition) is 2. The molecular weight excluding hydrogens is 340 g/mol. The highest BCUT2D eigenvalue weighted by molar-refractivity contribution is 9.10. The molecule has 7 heteroatoms. The minimum atomic E-state index is 0.325. The SMILES string of the molecule is COc1ccc(Nc2c(C(N)=S)c(C)nn2C)cc1Br. The highest BCUT2D eigenvalue weighted by Crippen LogP contribution is 2.30. The van der Waals surface area contributed by atoms with Gasteiger partial charge in [-0.15, -0.1) is 0 Å². The number of nitrogens with zero attached hydrogens (tertiary/aromatic N) is 2. The molecule has 0 bridgehead atoms. The molecule has 0 aliphatic rings. The van der Waals surface area contributed by atoms with Crippen LogP contribution in [0.4, 0.5) is 11.5 Å². The fourth-order valence-corrected chi connectivity index (χ4v) is 2.76. The van der Waals surface area contributed by atoms with E-state index in [9.17, 15) is 0 Å². The Kier molecular flexibility index (Phi) is 4.29. The summed E-state index contributed by atoms with van der Waals surface area (Å²) in [6.07, 6.45) is 0. The van der Waals surface area contributed by atoms with Crippen molar-refractivity contribution < 1.29 is 4.74 Å². The van der Waals surface area contributed by atoms with Crippen molar-refractivity contribution in [3.63, 3.8) is 0 Å². The number of benzene rings is 1. The number of ether oxygens (including phenoxy) is 1. The Morgan fingerprint density at radius 3 is 2.75 bits per heavy atom. The van der Waals surface area contributed by atoms with E-state index in [4.69, 9.17) is 22.7 Å². The maximum Gasteiger partial charge on any atom is 0.138 e. The minimum absolute atomic E-state index is 0.325. The molecular formula is C13H15BrN4OS. The van der Waals surface area contributed by atoms with Crippen LogP contribution in [0.15, 0.2) is 22.7 Å². The van der Waals surface area contributed by atoms with E-state index < -0.39 is 0 Å². The van der Waals surface area contributed by atoms with E-state index in [1.807, 2.05) is 32.2 Å². The third-order valence-corrected chi connectivity index (χ3v) is 3.71. The van der Waals surface area contributed by atoms with Crippen molar-refractivity contribution >= 4 is 44.6 Å². The lowest BCUT2D eigenvalue weighted by molar-refractivity contribution is 0.412.